The molecule has 0 unspecified atom stereocenters. The van der Waals surface area contributed by atoms with Crippen LogP contribution >= 0.6 is 0 Å². The van der Waals surface area contributed by atoms with E-state index in [-0.39, 0.29) is 6.61 Å². The van der Waals surface area contributed by atoms with Gasteiger partial charge in [-0.2, -0.15) is 5.26 Å². The van der Waals surface area contributed by atoms with Crippen LogP contribution in [0.4, 0.5) is 0 Å². The van der Waals surface area contributed by atoms with Crippen LogP contribution < -0.4 is 0 Å². The molecule has 0 aliphatic rings. The molecule has 0 heterocycles. The summed E-state index contributed by atoms with van der Waals surface area (Å²) in [6, 6.07) is 10.5. The number of aliphatic hydroxyl groups is 1. The summed E-state index contributed by atoms with van der Waals surface area (Å²) in [6.07, 6.45) is 2.27. The average Bonchev–Trinajstić information content (AvgIpc) is 2.45. The molecule has 0 bridgehead atoms. The third kappa shape index (κ3) is 4.63. The monoisotopic (exact) mass is 274 g/mol. The fraction of sp³-hybridized carbons (Fsp3) is 0.588. The van der Waals surface area contributed by atoms with Crippen molar-refractivity contribution in [1.29, 1.82) is 5.26 Å². The predicted octanol–water partition coefficient (Wildman–Crippen LogP) is 3.08. The second kappa shape index (κ2) is 8.04. The van der Waals surface area contributed by atoms with E-state index in [0.717, 1.165) is 31.5 Å². The van der Waals surface area contributed by atoms with Gasteiger partial charge in [0.1, 0.15) is 0 Å². The number of nitriles is 1. The fourth-order valence-corrected chi connectivity index (χ4v) is 2.36. The van der Waals surface area contributed by atoms with Gasteiger partial charge in [-0.15, -0.1) is 0 Å². The standard InChI is InChI=1S/C17H26N2O/c1-4-5-10-19(11-12-20)13-15-8-6-7-9-16(15)17(2,3)14-18/h6-9,20H,4-5,10-13H2,1-3H3. The molecule has 0 aromatic heterocycles. The zero-order valence-electron chi connectivity index (χ0n) is 12.9. The van der Waals surface area contributed by atoms with Crippen LogP contribution in [0.2, 0.25) is 0 Å². The predicted molar refractivity (Wildman–Crippen MR) is 82.4 cm³/mol. The minimum atomic E-state index is -0.480. The van der Waals surface area contributed by atoms with Gasteiger partial charge in [-0.1, -0.05) is 37.6 Å². The van der Waals surface area contributed by atoms with Gasteiger partial charge in [0.05, 0.1) is 18.1 Å². The van der Waals surface area contributed by atoms with Crippen molar-refractivity contribution in [3.8, 4) is 6.07 Å². The molecule has 1 rings (SSSR count). The smallest absolute Gasteiger partial charge is 0.0769 e. The highest BCUT2D eigenvalue weighted by Gasteiger charge is 2.23. The number of hydrogen-bond acceptors (Lipinski definition) is 3. The van der Waals surface area contributed by atoms with Gasteiger partial charge in [-0.25, -0.2) is 0 Å². The van der Waals surface area contributed by atoms with E-state index in [1.54, 1.807) is 0 Å². The molecule has 3 nitrogen and oxygen atoms in total. The highest BCUT2D eigenvalue weighted by molar-refractivity contribution is 5.37. The summed E-state index contributed by atoms with van der Waals surface area (Å²) < 4.78 is 0. The lowest BCUT2D eigenvalue weighted by molar-refractivity contribution is 0.188. The number of rotatable bonds is 8. The van der Waals surface area contributed by atoms with E-state index in [1.807, 2.05) is 32.0 Å². The first-order valence-corrected chi connectivity index (χ1v) is 7.38. The molecular weight excluding hydrogens is 248 g/mol. The molecule has 0 saturated carbocycles. The third-order valence-electron chi connectivity index (χ3n) is 3.61. The van der Waals surface area contributed by atoms with Gasteiger partial charge in [0.25, 0.3) is 0 Å². The summed E-state index contributed by atoms with van der Waals surface area (Å²) in [7, 11) is 0. The summed E-state index contributed by atoms with van der Waals surface area (Å²) in [5, 5.41) is 18.5. The zero-order valence-corrected chi connectivity index (χ0v) is 12.9. The molecule has 3 heteroatoms. The third-order valence-corrected chi connectivity index (χ3v) is 3.61. The molecule has 20 heavy (non-hydrogen) atoms. The first kappa shape index (κ1) is 16.7. The Labute approximate surface area is 122 Å². The molecule has 1 N–H and O–H groups in total. The number of unbranched alkanes of at least 4 members (excludes halogenated alkanes) is 1. The van der Waals surface area contributed by atoms with Gasteiger partial charge in [-0.05, 0) is 37.9 Å². The lowest BCUT2D eigenvalue weighted by atomic mass is 9.83. The lowest BCUT2D eigenvalue weighted by Gasteiger charge is -2.26. The fourth-order valence-electron chi connectivity index (χ4n) is 2.36. The lowest BCUT2D eigenvalue weighted by Crippen LogP contribution is -2.29. The Kier molecular flexibility index (Phi) is 6.70. The molecule has 1 aromatic rings. The Bertz CT molecular complexity index is 449. The van der Waals surface area contributed by atoms with Crippen LogP contribution in [0.25, 0.3) is 0 Å². The van der Waals surface area contributed by atoms with E-state index in [2.05, 4.69) is 24.0 Å². The van der Waals surface area contributed by atoms with Crippen molar-refractivity contribution in [3.63, 3.8) is 0 Å². The molecule has 110 valence electrons. The summed E-state index contributed by atoms with van der Waals surface area (Å²) in [5.74, 6) is 0. The van der Waals surface area contributed by atoms with Crippen LogP contribution in [-0.2, 0) is 12.0 Å². The number of nitrogens with zero attached hydrogens (tertiary/aromatic N) is 2. The maximum atomic E-state index is 9.35. The van der Waals surface area contributed by atoms with Crippen molar-refractivity contribution in [3.05, 3.63) is 35.4 Å². The van der Waals surface area contributed by atoms with E-state index in [0.29, 0.717) is 6.54 Å². The molecule has 0 spiro atoms. The van der Waals surface area contributed by atoms with E-state index >= 15 is 0 Å². The normalized spacial score (nSPS) is 11.6. The van der Waals surface area contributed by atoms with E-state index in [4.69, 9.17) is 0 Å². The van der Waals surface area contributed by atoms with Gasteiger partial charge in [0.2, 0.25) is 0 Å². The first-order chi connectivity index (χ1) is 9.55. The Morgan fingerprint density at radius 1 is 1.25 bits per heavy atom. The average molecular weight is 274 g/mol. The molecule has 0 aliphatic heterocycles. The zero-order chi connectivity index (χ0) is 15.0. The molecule has 0 aliphatic carbocycles. The summed E-state index contributed by atoms with van der Waals surface area (Å²) in [4.78, 5) is 2.26. The van der Waals surface area contributed by atoms with Crippen LogP contribution in [0.3, 0.4) is 0 Å². The minimum Gasteiger partial charge on any atom is -0.395 e. The van der Waals surface area contributed by atoms with Crippen molar-refractivity contribution in [1.82, 2.24) is 4.90 Å². The van der Waals surface area contributed by atoms with Crippen LogP contribution in [0.5, 0.6) is 0 Å². The summed E-state index contributed by atoms with van der Waals surface area (Å²) in [5.41, 5.74) is 1.79. The minimum absolute atomic E-state index is 0.174. The second-order valence-corrected chi connectivity index (χ2v) is 5.75. The van der Waals surface area contributed by atoms with Gasteiger partial charge in [0.15, 0.2) is 0 Å². The van der Waals surface area contributed by atoms with Gasteiger partial charge in [0, 0.05) is 13.1 Å². The van der Waals surface area contributed by atoms with Crippen LogP contribution in [-0.4, -0.2) is 29.7 Å². The molecule has 0 radical (unpaired) electrons. The van der Waals surface area contributed by atoms with E-state index in [1.165, 1.54) is 5.56 Å². The second-order valence-electron chi connectivity index (χ2n) is 5.75. The number of aliphatic hydroxyl groups excluding tert-OH is 1. The Morgan fingerprint density at radius 2 is 1.95 bits per heavy atom. The molecule has 1 aromatic carbocycles. The topological polar surface area (TPSA) is 47.3 Å². The van der Waals surface area contributed by atoms with Crippen LogP contribution in [0.15, 0.2) is 24.3 Å². The molecule has 0 atom stereocenters. The Morgan fingerprint density at radius 3 is 2.55 bits per heavy atom. The SMILES string of the molecule is CCCCN(CCO)Cc1ccccc1C(C)(C)C#N. The Balaban J connectivity index is 2.92. The molecule has 0 fully saturated rings. The Hall–Kier alpha value is -1.37. The van der Waals surface area contributed by atoms with E-state index < -0.39 is 5.41 Å². The first-order valence-electron chi connectivity index (χ1n) is 7.38. The highest BCUT2D eigenvalue weighted by atomic mass is 16.3. The van der Waals surface area contributed by atoms with Crippen LogP contribution in [0, 0.1) is 11.3 Å². The van der Waals surface area contributed by atoms with Gasteiger partial charge >= 0.3 is 0 Å². The van der Waals surface area contributed by atoms with Crippen molar-refractivity contribution in [2.45, 2.75) is 45.6 Å². The van der Waals surface area contributed by atoms with Crippen molar-refractivity contribution < 1.29 is 5.11 Å². The summed E-state index contributed by atoms with van der Waals surface area (Å²) in [6.45, 7) is 8.71. The molecule has 0 amide bonds. The number of hydrogen-bond donors (Lipinski definition) is 1. The molecule has 0 saturated heterocycles. The van der Waals surface area contributed by atoms with Crippen molar-refractivity contribution in [2.75, 3.05) is 19.7 Å². The number of benzene rings is 1. The van der Waals surface area contributed by atoms with Crippen LogP contribution in [0.1, 0.15) is 44.7 Å². The van der Waals surface area contributed by atoms with Crippen molar-refractivity contribution >= 4 is 0 Å². The summed E-state index contributed by atoms with van der Waals surface area (Å²) >= 11 is 0. The van der Waals surface area contributed by atoms with Gasteiger partial charge < -0.3 is 5.11 Å². The maximum absolute atomic E-state index is 9.35. The van der Waals surface area contributed by atoms with Gasteiger partial charge in [-0.3, -0.25) is 4.90 Å². The molecular formula is C17H26N2O. The van der Waals surface area contributed by atoms with Crippen molar-refractivity contribution in [2.24, 2.45) is 0 Å². The quantitative estimate of drug-likeness (QED) is 0.792. The van der Waals surface area contributed by atoms with E-state index in [9.17, 15) is 10.4 Å². The highest BCUT2D eigenvalue weighted by Crippen LogP contribution is 2.26. The largest absolute Gasteiger partial charge is 0.395 e. The maximum Gasteiger partial charge on any atom is 0.0769 e.